The number of halogens is 1. The third kappa shape index (κ3) is 5.36. The molecule has 0 radical (unpaired) electrons. The van der Waals surface area contributed by atoms with Gasteiger partial charge in [-0.05, 0) is 24.6 Å². The largest absolute Gasteiger partial charge is 0.398 e. The molecular weight excluding hydrogens is 290 g/mol. The molecule has 0 aliphatic rings. The van der Waals surface area contributed by atoms with Crippen LogP contribution >= 0.6 is 11.6 Å². The summed E-state index contributed by atoms with van der Waals surface area (Å²) < 4.78 is 34.2. The maximum atomic E-state index is 12.1. The molecule has 0 spiro atoms. The van der Waals surface area contributed by atoms with Gasteiger partial charge in [-0.1, -0.05) is 11.6 Å². The van der Waals surface area contributed by atoms with Crippen molar-refractivity contribution in [1.82, 2.24) is 0 Å². The average Bonchev–Trinajstić information content (AvgIpc) is 2.36. The van der Waals surface area contributed by atoms with Gasteiger partial charge in [0.2, 0.25) is 0 Å². The van der Waals surface area contributed by atoms with Crippen LogP contribution in [0.15, 0.2) is 23.1 Å². The van der Waals surface area contributed by atoms with E-state index >= 15 is 0 Å². The first-order valence-corrected chi connectivity index (χ1v) is 7.85. The van der Waals surface area contributed by atoms with E-state index in [1.165, 1.54) is 12.1 Å². The second-order valence-electron chi connectivity index (χ2n) is 3.96. The molecule has 0 amide bonds. The highest BCUT2D eigenvalue weighted by Crippen LogP contribution is 2.24. The van der Waals surface area contributed by atoms with Crippen LogP contribution in [0, 0.1) is 0 Å². The number of nitrogens with two attached hydrogens (primary N) is 1. The third-order valence-electron chi connectivity index (χ3n) is 2.44. The highest BCUT2D eigenvalue weighted by atomic mass is 35.5. The van der Waals surface area contributed by atoms with Gasteiger partial charge in [0.05, 0.1) is 29.5 Å². The van der Waals surface area contributed by atoms with Crippen molar-refractivity contribution in [3.63, 3.8) is 0 Å². The van der Waals surface area contributed by atoms with Crippen molar-refractivity contribution in [2.75, 3.05) is 38.4 Å². The van der Waals surface area contributed by atoms with Crippen LogP contribution in [-0.2, 0) is 19.3 Å². The molecule has 108 valence electrons. The number of hydrogen-bond acceptors (Lipinski definition) is 5. The second kappa shape index (κ2) is 7.69. The number of rotatable bonds is 8. The minimum Gasteiger partial charge on any atom is -0.398 e. The smallest absolute Gasteiger partial charge is 0.180 e. The normalized spacial score (nSPS) is 11.7. The van der Waals surface area contributed by atoms with E-state index in [1.807, 2.05) is 0 Å². The molecule has 0 bridgehead atoms. The van der Waals surface area contributed by atoms with Crippen molar-refractivity contribution in [3.05, 3.63) is 23.2 Å². The monoisotopic (exact) mass is 307 g/mol. The molecule has 2 N–H and O–H groups in total. The van der Waals surface area contributed by atoms with E-state index in [-0.39, 0.29) is 16.3 Å². The lowest BCUT2D eigenvalue weighted by Gasteiger charge is -2.08. The first kappa shape index (κ1) is 16.2. The lowest BCUT2D eigenvalue weighted by atomic mass is 10.3. The van der Waals surface area contributed by atoms with Gasteiger partial charge in [0.25, 0.3) is 0 Å². The quantitative estimate of drug-likeness (QED) is 0.585. The van der Waals surface area contributed by atoms with Crippen LogP contribution in [0.1, 0.15) is 6.42 Å². The van der Waals surface area contributed by atoms with Gasteiger partial charge < -0.3 is 15.2 Å². The molecule has 19 heavy (non-hydrogen) atoms. The Kier molecular flexibility index (Phi) is 6.57. The maximum Gasteiger partial charge on any atom is 0.180 e. The highest BCUT2D eigenvalue weighted by Gasteiger charge is 2.17. The predicted octanol–water partition coefficient (Wildman–Crippen LogP) is 1.75. The summed E-state index contributed by atoms with van der Waals surface area (Å²) in [5.41, 5.74) is 5.87. The molecule has 0 unspecified atom stereocenters. The summed E-state index contributed by atoms with van der Waals surface area (Å²) in [6.07, 6.45) is 0.401. The van der Waals surface area contributed by atoms with Crippen molar-refractivity contribution >= 4 is 27.1 Å². The van der Waals surface area contributed by atoms with E-state index in [4.69, 9.17) is 26.8 Å². The van der Waals surface area contributed by atoms with Crippen LogP contribution in [0.2, 0.25) is 5.02 Å². The molecule has 0 saturated carbocycles. The van der Waals surface area contributed by atoms with Gasteiger partial charge in [0, 0.05) is 18.7 Å². The van der Waals surface area contributed by atoms with E-state index in [1.54, 1.807) is 13.2 Å². The summed E-state index contributed by atoms with van der Waals surface area (Å²) in [4.78, 5) is 0.0805. The summed E-state index contributed by atoms with van der Waals surface area (Å²) in [5, 5.41) is 0.351. The Labute approximate surface area is 118 Å². The lowest BCUT2D eigenvalue weighted by molar-refractivity contribution is 0.0712. The number of hydrogen-bond donors (Lipinski definition) is 1. The molecule has 1 aromatic rings. The van der Waals surface area contributed by atoms with Gasteiger partial charge in [0.1, 0.15) is 0 Å². The molecule has 1 rings (SSSR count). The molecule has 5 nitrogen and oxygen atoms in total. The molecule has 7 heteroatoms. The summed E-state index contributed by atoms with van der Waals surface area (Å²) in [5.74, 6) is -0.0233. The standard InChI is InChI=1S/C12H18ClNO4S/c1-17-6-7-18-5-2-8-19(15,16)12-9-10(13)3-4-11(12)14/h3-4,9H,2,5-8,14H2,1H3. The van der Waals surface area contributed by atoms with Crippen molar-refractivity contribution in [2.45, 2.75) is 11.3 Å². The molecule has 0 fully saturated rings. The SMILES string of the molecule is COCCOCCCS(=O)(=O)c1cc(Cl)ccc1N. The molecule has 0 aliphatic carbocycles. The van der Waals surface area contributed by atoms with Crippen LogP contribution in [0.25, 0.3) is 0 Å². The van der Waals surface area contributed by atoms with E-state index < -0.39 is 9.84 Å². The number of methoxy groups -OCH3 is 1. The number of benzene rings is 1. The van der Waals surface area contributed by atoms with E-state index in [9.17, 15) is 8.42 Å². The maximum absolute atomic E-state index is 12.1. The summed E-state index contributed by atoms with van der Waals surface area (Å²) in [6.45, 7) is 1.31. The molecule has 0 heterocycles. The summed E-state index contributed by atoms with van der Waals surface area (Å²) >= 11 is 5.78. The topological polar surface area (TPSA) is 78.6 Å². The van der Waals surface area contributed by atoms with Crippen LogP contribution in [0.5, 0.6) is 0 Å². The highest BCUT2D eigenvalue weighted by molar-refractivity contribution is 7.91. The Hall–Kier alpha value is -0.820. The van der Waals surface area contributed by atoms with Crippen molar-refractivity contribution < 1.29 is 17.9 Å². The third-order valence-corrected chi connectivity index (χ3v) is 4.53. The zero-order chi connectivity index (χ0) is 14.3. The number of sulfone groups is 1. The predicted molar refractivity (Wildman–Crippen MR) is 75.2 cm³/mol. The number of anilines is 1. The summed E-state index contributed by atoms with van der Waals surface area (Å²) in [6, 6.07) is 4.42. The zero-order valence-electron chi connectivity index (χ0n) is 10.8. The van der Waals surface area contributed by atoms with Gasteiger partial charge in [-0.3, -0.25) is 0 Å². The first-order valence-electron chi connectivity index (χ1n) is 5.82. The molecular formula is C12H18ClNO4S. The Morgan fingerprint density at radius 1 is 1.26 bits per heavy atom. The number of ether oxygens (including phenoxy) is 2. The van der Waals surface area contributed by atoms with Crippen molar-refractivity contribution in [3.8, 4) is 0 Å². The number of nitrogen functional groups attached to an aromatic ring is 1. The van der Waals surface area contributed by atoms with Crippen LogP contribution in [0.3, 0.4) is 0 Å². The summed E-state index contributed by atoms with van der Waals surface area (Å²) in [7, 11) is -1.85. The molecule has 0 saturated heterocycles. The Morgan fingerprint density at radius 3 is 2.68 bits per heavy atom. The molecule has 0 atom stereocenters. The Balaban J connectivity index is 2.54. The minimum absolute atomic E-state index is 0.0233. The van der Waals surface area contributed by atoms with Crippen molar-refractivity contribution in [1.29, 1.82) is 0 Å². The molecule has 0 aromatic heterocycles. The Bertz CT molecular complexity index is 504. The fraction of sp³-hybridized carbons (Fsp3) is 0.500. The molecule has 1 aromatic carbocycles. The van der Waals surface area contributed by atoms with Crippen LogP contribution < -0.4 is 5.73 Å². The lowest BCUT2D eigenvalue weighted by Crippen LogP contribution is -2.12. The second-order valence-corrected chi connectivity index (χ2v) is 6.47. The van der Waals surface area contributed by atoms with Gasteiger partial charge in [0.15, 0.2) is 9.84 Å². The Morgan fingerprint density at radius 2 is 2.00 bits per heavy atom. The van der Waals surface area contributed by atoms with E-state index in [2.05, 4.69) is 0 Å². The minimum atomic E-state index is -3.43. The zero-order valence-corrected chi connectivity index (χ0v) is 12.3. The first-order chi connectivity index (χ1) is 8.97. The average molecular weight is 308 g/mol. The van der Waals surface area contributed by atoms with E-state index in [0.29, 0.717) is 31.3 Å². The van der Waals surface area contributed by atoms with E-state index in [0.717, 1.165) is 0 Å². The fourth-order valence-electron chi connectivity index (χ4n) is 1.48. The van der Waals surface area contributed by atoms with Gasteiger partial charge >= 0.3 is 0 Å². The molecule has 0 aliphatic heterocycles. The van der Waals surface area contributed by atoms with Crippen LogP contribution in [-0.4, -0.2) is 41.1 Å². The van der Waals surface area contributed by atoms with Gasteiger partial charge in [-0.2, -0.15) is 0 Å². The fourth-order valence-corrected chi connectivity index (χ4v) is 3.17. The van der Waals surface area contributed by atoms with Gasteiger partial charge in [-0.15, -0.1) is 0 Å². The van der Waals surface area contributed by atoms with Crippen molar-refractivity contribution in [2.24, 2.45) is 0 Å². The van der Waals surface area contributed by atoms with Gasteiger partial charge in [-0.25, -0.2) is 8.42 Å². The van der Waals surface area contributed by atoms with Crippen LogP contribution in [0.4, 0.5) is 5.69 Å².